The number of nitrogens with one attached hydrogen (secondary N) is 1. The lowest BCUT2D eigenvalue weighted by Gasteiger charge is -2.35. The maximum absolute atomic E-state index is 12.9. The number of para-hydroxylation sites is 2. The van der Waals surface area contributed by atoms with Crippen LogP contribution < -0.4 is 9.80 Å². The number of hydrogen-bond acceptors (Lipinski definition) is 3. The second-order valence-electron chi connectivity index (χ2n) is 7.50. The molecule has 0 bridgehead atoms. The molecule has 1 aliphatic rings. The van der Waals surface area contributed by atoms with Gasteiger partial charge < -0.3 is 19.8 Å². The van der Waals surface area contributed by atoms with Crippen LogP contribution in [0.2, 0.25) is 0 Å². The summed E-state index contributed by atoms with van der Waals surface area (Å²) in [6, 6.07) is 17.8. The minimum atomic E-state index is 0.180. The number of phenols is 1. The third kappa shape index (κ3) is 5.01. The molecule has 0 aromatic heterocycles. The van der Waals surface area contributed by atoms with Gasteiger partial charge in [-0.3, -0.25) is 4.79 Å². The Morgan fingerprint density at radius 1 is 1.07 bits per heavy atom. The molecule has 1 fully saturated rings. The fourth-order valence-electron chi connectivity index (χ4n) is 3.63. The number of rotatable bonds is 6. The Hall–Kier alpha value is -2.53. The number of nitrogens with zero attached hydrogens (tertiary/aromatic N) is 2. The number of anilines is 1. The normalized spacial score (nSPS) is 15.1. The monoisotopic (exact) mass is 368 g/mol. The van der Waals surface area contributed by atoms with Crippen molar-refractivity contribution < 1.29 is 14.8 Å². The van der Waals surface area contributed by atoms with E-state index in [0.717, 1.165) is 31.9 Å². The zero-order valence-corrected chi connectivity index (χ0v) is 16.3. The summed E-state index contributed by atoms with van der Waals surface area (Å²) >= 11 is 0. The number of piperazine rings is 1. The smallest absolute Gasteiger partial charge is 0.278 e. The molecular formula is C22H30N3O2+. The van der Waals surface area contributed by atoms with Gasteiger partial charge in [0.2, 0.25) is 0 Å². The molecule has 27 heavy (non-hydrogen) atoms. The molecular weight excluding hydrogens is 338 g/mol. The van der Waals surface area contributed by atoms with E-state index in [9.17, 15) is 9.90 Å². The number of hydrogen-bond donors (Lipinski definition) is 2. The second-order valence-corrected chi connectivity index (χ2v) is 7.50. The van der Waals surface area contributed by atoms with Crippen LogP contribution in [0, 0.1) is 0 Å². The average molecular weight is 369 g/mol. The van der Waals surface area contributed by atoms with Gasteiger partial charge in [-0.15, -0.1) is 0 Å². The molecule has 144 valence electrons. The van der Waals surface area contributed by atoms with Crippen LogP contribution in [0.5, 0.6) is 5.75 Å². The lowest BCUT2D eigenvalue weighted by molar-refractivity contribution is -0.892. The van der Waals surface area contributed by atoms with E-state index in [0.29, 0.717) is 18.8 Å². The predicted octanol–water partition coefficient (Wildman–Crippen LogP) is 1.53. The Kier molecular flexibility index (Phi) is 6.35. The summed E-state index contributed by atoms with van der Waals surface area (Å²) in [5.74, 6) is 0.533. The molecule has 0 radical (unpaired) electrons. The lowest BCUT2D eigenvalue weighted by atomic mass is 10.2. The van der Waals surface area contributed by atoms with Gasteiger partial charge >= 0.3 is 0 Å². The third-order valence-electron chi connectivity index (χ3n) is 5.23. The molecule has 3 rings (SSSR count). The topological polar surface area (TPSA) is 48.2 Å². The van der Waals surface area contributed by atoms with Crippen molar-refractivity contribution in [2.75, 3.05) is 37.6 Å². The van der Waals surface area contributed by atoms with E-state index in [2.05, 4.69) is 30.9 Å². The number of phenolic OH excluding ortho intramolecular Hbond substituents is 1. The Balaban J connectivity index is 1.55. The van der Waals surface area contributed by atoms with Crippen LogP contribution in [0.4, 0.5) is 5.69 Å². The summed E-state index contributed by atoms with van der Waals surface area (Å²) < 4.78 is 0. The summed E-state index contributed by atoms with van der Waals surface area (Å²) in [5.41, 5.74) is 2.05. The second kappa shape index (κ2) is 8.91. The van der Waals surface area contributed by atoms with Gasteiger partial charge in [-0.25, -0.2) is 0 Å². The first-order chi connectivity index (χ1) is 13.0. The zero-order valence-electron chi connectivity index (χ0n) is 16.3. The quantitative estimate of drug-likeness (QED) is 0.813. The molecule has 1 aliphatic heterocycles. The van der Waals surface area contributed by atoms with E-state index >= 15 is 0 Å². The third-order valence-corrected chi connectivity index (χ3v) is 5.23. The molecule has 1 amide bonds. The SMILES string of the molecule is CC(C)N(Cc1ccccc1)C(=O)C[NH+]1CCN(c2ccccc2O)CC1. The van der Waals surface area contributed by atoms with Gasteiger partial charge in [-0.2, -0.15) is 0 Å². The maximum Gasteiger partial charge on any atom is 0.278 e. The number of benzene rings is 2. The van der Waals surface area contributed by atoms with Gasteiger partial charge in [0.05, 0.1) is 31.9 Å². The van der Waals surface area contributed by atoms with E-state index in [1.807, 2.05) is 41.3 Å². The van der Waals surface area contributed by atoms with Crippen molar-refractivity contribution in [2.45, 2.75) is 26.4 Å². The van der Waals surface area contributed by atoms with Crippen LogP contribution in [-0.4, -0.2) is 54.7 Å². The van der Waals surface area contributed by atoms with Gasteiger partial charge in [0.25, 0.3) is 5.91 Å². The highest BCUT2D eigenvalue weighted by atomic mass is 16.3. The number of amides is 1. The highest BCUT2D eigenvalue weighted by Gasteiger charge is 2.26. The van der Waals surface area contributed by atoms with Crippen LogP contribution in [0.15, 0.2) is 54.6 Å². The van der Waals surface area contributed by atoms with Gasteiger partial charge in [0.1, 0.15) is 5.75 Å². The Labute approximate surface area is 161 Å². The highest BCUT2D eigenvalue weighted by Crippen LogP contribution is 2.25. The van der Waals surface area contributed by atoms with Crippen LogP contribution in [0.1, 0.15) is 19.4 Å². The molecule has 0 spiro atoms. The van der Waals surface area contributed by atoms with Gasteiger partial charge in [-0.05, 0) is 31.5 Å². The molecule has 5 heteroatoms. The zero-order chi connectivity index (χ0) is 19.2. The first-order valence-electron chi connectivity index (χ1n) is 9.74. The van der Waals surface area contributed by atoms with Gasteiger partial charge in [-0.1, -0.05) is 42.5 Å². The van der Waals surface area contributed by atoms with Crippen molar-refractivity contribution in [3.8, 4) is 5.75 Å². The number of carbonyl (C=O) groups excluding carboxylic acids is 1. The molecule has 5 nitrogen and oxygen atoms in total. The minimum Gasteiger partial charge on any atom is -0.506 e. The molecule has 0 aliphatic carbocycles. The molecule has 0 saturated carbocycles. The van der Waals surface area contributed by atoms with E-state index in [1.54, 1.807) is 6.07 Å². The van der Waals surface area contributed by atoms with E-state index in [-0.39, 0.29) is 11.9 Å². The lowest BCUT2D eigenvalue weighted by Crippen LogP contribution is -3.16. The molecule has 2 aromatic carbocycles. The molecule has 2 N–H and O–H groups in total. The summed E-state index contributed by atoms with van der Waals surface area (Å²) in [4.78, 5) is 18.4. The van der Waals surface area contributed by atoms with Crippen molar-refractivity contribution in [1.29, 1.82) is 0 Å². The molecule has 1 saturated heterocycles. The number of quaternary nitrogens is 1. The van der Waals surface area contributed by atoms with Crippen molar-refractivity contribution in [1.82, 2.24) is 4.90 Å². The van der Waals surface area contributed by atoms with Crippen molar-refractivity contribution in [3.63, 3.8) is 0 Å². The van der Waals surface area contributed by atoms with E-state index in [4.69, 9.17) is 0 Å². The number of carbonyl (C=O) groups is 1. The van der Waals surface area contributed by atoms with Crippen LogP contribution in [0.3, 0.4) is 0 Å². The fraction of sp³-hybridized carbons (Fsp3) is 0.409. The molecule has 0 unspecified atom stereocenters. The number of aromatic hydroxyl groups is 1. The van der Waals surface area contributed by atoms with Crippen molar-refractivity contribution >= 4 is 11.6 Å². The van der Waals surface area contributed by atoms with Gasteiger partial charge in [0, 0.05) is 12.6 Å². The van der Waals surface area contributed by atoms with Crippen molar-refractivity contribution in [3.05, 3.63) is 60.2 Å². The van der Waals surface area contributed by atoms with Crippen molar-refractivity contribution in [2.24, 2.45) is 0 Å². The Bertz CT molecular complexity index is 740. The molecule has 0 atom stereocenters. The summed E-state index contributed by atoms with van der Waals surface area (Å²) in [7, 11) is 0. The van der Waals surface area contributed by atoms with Crippen LogP contribution >= 0.6 is 0 Å². The van der Waals surface area contributed by atoms with E-state index in [1.165, 1.54) is 10.5 Å². The Morgan fingerprint density at radius 2 is 1.70 bits per heavy atom. The van der Waals surface area contributed by atoms with E-state index < -0.39 is 0 Å². The maximum atomic E-state index is 12.9. The first-order valence-corrected chi connectivity index (χ1v) is 9.74. The highest BCUT2D eigenvalue weighted by molar-refractivity contribution is 5.77. The minimum absolute atomic E-state index is 0.180. The average Bonchev–Trinajstić information content (AvgIpc) is 2.68. The molecule has 1 heterocycles. The first kappa shape index (κ1) is 19.2. The largest absolute Gasteiger partial charge is 0.506 e. The summed E-state index contributed by atoms with van der Waals surface area (Å²) in [6.07, 6.45) is 0. The van der Waals surface area contributed by atoms with Crippen LogP contribution in [0.25, 0.3) is 0 Å². The Morgan fingerprint density at radius 3 is 2.33 bits per heavy atom. The molecule has 2 aromatic rings. The van der Waals surface area contributed by atoms with Gasteiger partial charge in [0.15, 0.2) is 6.54 Å². The standard InChI is InChI=1S/C22H29N3O2/c1-18(2)25(16-19-8-4-3-5-9-19)22(27)17-23-12-14-24(15-13-23)20-10-6-7-11-21(20)26/h3-11,18,26H,12-17H2,1-2H3/p+1. The predicted molar refractivity (Wildman–Crippen MR) is 108 cm³/mol. The summed E-state index contributed by atoms with van der Waals surface area (Å²) in [5, 5.41) is 10.0. The fourth-order valence-corrected chi connectivity index (χ4v) is 3.63. The summed E-state index contributed by atoms with van der Waals surface area (Å²) in [6.45, 7) is 8.84. The van der Waals surface area contributed by atoms with Crippen LogP contribution in [-0.2, 0) is 11.3 Å².